The summed E-state index contributed by atoms with van der Waals surface area (Å²) >= 11 is 1.51. The number of nitrogens with zero attached hydrogens (tertiary/aromatic N) is 1. The topological polar surface area (TPSA) is 48.1 Å². The molecule has 2 N–H and O–H groups in total. The zero-order valence-corrected chi connectivity index (χ0v) is 9.84. The zero-order valence-electron chi connectivity index (χ0n) is 9.02. The number of benzene rings is 1. The molecule has 3 rings (SSSR count). The molecule has 2 aromatic rings. The van der Waals surface area contributed by atoms with Crippen molar-refractivity contribution in [1.29, 1.82) is 0 Å². The van der Waals surface area contributed by atoms with Crippen LogP contribution in [0.1, 0.15) is 5.56 Å². The maximum atomic E-state index is 13.7. The fourth-order valence-corrected chi connectivity index (χ4v) is 2.68. The van der Waals surface area contributed by atoms with Gasteiger partial charge in [-0.05, 0) is 12.1 Å². The molecule has 0 unspecified atom stereocenters. The van der Waals surface area contributed by atoms with Crippen molar-refractivity contribution in [3.05, 3.63) is 35.1 Å². The number of hydrogen-bond acceptors (Lipinski definition) is 4. The second kappa shape index (κ2) is 4.09. The van der Waals surface area contributed by atoms with Gasteiger partial charge in [0.05, 0.1) is 5.56 Å². The number of ether oxygens (including phenoxy) is 1. The molecule has 1 aliphatic heterocycles. The van der Waals surface area contributed by atoms with Gasteiger partial charge in [-0.15, -0.1) is 11.3 Å². The lowest BCUT2D eigenvalue weighted by Crippen LogP contribution is -2.24. The van der Waals surface area contributed by atoms with Crippen LogP contribution in [-0.4, -0.2) is 17.6 Å². The Kier molecular flexibility index (Phi) is 2.57. The average molecular weight is 250 g/mol. The highest BCUT2D eigenvalue weighted by Crippen LogP contribution is 2.40. The third kappa shape index (κ3) is 1.71. The molecule has 3 nitrogen and oxygen atoms in total. The summed E-state index contributed by atoms with van der Waals surface area (Å²) in [5, 5.41) is 2.74. The lowest BCUT2D eigenvalue weighted by Gasteiger charge is -2.09. The molecule has 5 heteroatoms. The minimum absolute atomic E-state index is 0.124. The predicted octanol–water partition coefficient (Wildman–Crippen LogP) is 2.21. The molecular weight excluding hydrogens is 239 g/mol. The molecule has 2 heterocycles. The Bertz CT molecular complexity index is 542. The van der Waals surface area contributed by atoms with Gasteiger partial charge in [0.2, 0.25) is 0 Å². The Balaban J connectivity index is 2.12. The van der Waals surface area contributed by atoms with Crippen LogP contribution in [0.5, 0.6) is 5.75 Å². The van der Waals surface area contributed by atoms with Gasteiger partial charge < -0.3 is 10.5 Å². The number of rotatable bonds is 2. The molecule has 0 bridgehead atoms. The molecule has 0 saturated heterocycles. The van der Waals surface area contributed by atoms with Gasteiger partial charge in [0.25, 0.3) is 0 Å². The van der Waals surface area contributed by atoms with E-state index in [-0.39, 0.29) is 11.9 Å². The van der Waals surface area contributed by atoms with Crippen molar-refractivity contribution in [1.82, 2.24) is 4.98 Å². The number of thiazole rings is 1. The van der Waals surface area contributed by atoms with Gasteiger partial charge in [0.1, 0.15) is 22.7 Å². The predicted molar refractivity (Wildman–Crippen MR) is 64.7 cm³/mol. The third-order valence-electron chi connectivity index (χ3n) is 2.85. The van der Waals surface area contributed by atoms with E-state index in [4.69, 9.17) is 10.5 Å². The lowest BCUT2D eigenvalue weighted by atomic mass is 10.1. The third-order valence-corrected chi connectivity index (χ3v) is 3.65. The highest BCUT2D eigenvalue weighted by Gasteiger charge is 2.28. The summed E-state index contributed by atoms with van der Waals surface area (Å²) in [5.41, 5.74) is 7.04. The molecule has 0 aliphatic carbocycles. The van der Waals surface area contributed by atoms with Gasteiger partial charge in [0.15, 0.2) is 0 Å². The van der Waals surface area contributed by atoms with Gasteiger partial charge >= 0.3 is 0 Å². The fraction of sp³-hybridized carbons (Fsp3) is 0.250. The van der Waals surface area contributed by atoms with E-state index in [1.165, 1.54) is 17.4 Å². The largest absolute Gasteiger partial charge is 0.488 e. The normalized spacial score (nSPS) is 17.9. The zero-order chi connectivity index (χ0) is 11.8. The quantitative estimate of drug-likeness (QED) is 0.889. The van der Waals surface area contributed by atoms with Crippen LogP contribution in [0.15, 0.2) is 23.7 Å². The van der Waals surface area contributed by atoms with E-state index in [1.54, 1.807) is 12.3 Å². The minimum atomic E-state index is -0.226. The van der Waals surface area contributed by atoms with Crippen LogP contribution < -0.4 is 10.5 Å². The molecule has 88 valence electrons. The molecule has 0 amide bonds. The first-order valence-electron chi connectivity index (χ1n) is 5.37. The van der Waals surface area contributed by atoms with E-state index in [2.05, 4.69) is 4.98 Å². The summed E-state index contributed by atoms with van der Waals surface area (Å²) in [6.07, 6.45) is 2.14. The Morgan fingerprint density at radius 2 is 2.41 bits per heavy atom. The van der Waals surface area contributed by atoms with Gasteiger partial charge in [-0.3, -0.25) is 0 Å². The van der Waals surface area contributed by atoms with Gasteiger partial charge in [-0.2, -0.15) is 0 Å². The Morgan fingerprint density at radius 3 is 3.12 bits per heavy atom. The lowest BCUT2D eigenvalue weighted by molar-refractivity contribution is 0.242. The summed E-state index contributed by atoms with van der Waals surface area (Å²) < 4.78 is 19.4. The van der Waals surface area contributed by atoms with Gasteiger partial charge in [-0.25, -0.2) is 9.37 Å². The number of nitrogens with two attached hydrogens (primary N) is 1. The number of hydrogen-bond donors (Lipinski definition) is 1. The monoisotopic (exact) mass is 250 g/mol. The number of halogens is 1. The SMILES string of the molecule is NC[C@@H]1Cc2c(F)ccc(-c3nccs3)c2O1. The van der Waals surface area contributed by atoms with Gasteiger partial charge in [0, 0.05) is 30.1 Å². The summed E-state index contributed by atoms with van der Waals surface area (Å²) in [6, 6.07) is 3.18. The highest BCUT2D eigenvalue weighted by atomic mass is 32.1. The van der Waals surface area contributed by atoms with E-state index in [0.717, 1.165) is 10.6 Å². The highest BCUT2D eigenvalue weighted by molar-refractivity contribution is 7.13. The van der Waals surface area contributed by atoms with Crippen molar-refractivity contribution in [2.75, 3.05) is 6.54 Å². The molecule has 0 spiro atoms. The van der Waals surface area contributed by atoms with E-state index in [1.807, 2.05) is 5.38 Å². The molecule has 1 aromatic heterocycles. The van der Waals surface area contributed by atoms with E-state index >= 15 is 0 Å². The van der Waals surface area contributed by atoms with Crippen molar-refractivity contribution < 1.29 is 9.13 Å². The fourth-order valence-electron chi connectivity index (χ4n) is 2.02. The Hall–Kier alpha value is -1.46. The maximum Gasteiger partial charge on any atom is 0.136 e. The second-order valence-corrected chi connectivity index (χ2v) is 4.81. The van der Waals surface area contributed by atoms with Crippen molar-refractivity contribution in [2.24, 2.45) is 5.73 Å². The summed E-state index contributed by atoms with van der Waals surface area (Å²) in [5.74, 6) is 0.381. The van der Waals surface area contributed by atoms with Crippen molar-refractivity contribution >= 4 is 11.3 Å². The Labute approximate surface area is 102 Å². The molecule has 1 atom stereocenters. The van der Waals surface area contributed by atoms with Crippen molar-refractivity contribution in [3.63, 3.8) is 0 Å². The number of fused-ring (bicyclic) bond motifs is 1. The van der Waals surface area contributed by atoms with Gasteiger partial charge in [-0.1, -0.05) is 0 Å². The summed E-state index contributed by atoms with van der Waals surface area (Å²) in [6.45, 7) is 0.394. The molecule has 1 aromatic carbocycles. The Morgan fingerprint density at radius 1 is 1.53 bits per heavy atom. The van der Waals surface area contributed by atoms with Crippen LogP contribution in [-0.2, 0) is 6.42 Å². The first kappa shape index (κ1) is 10.7. The van der Waals surface area contributed by atoms with Crippen LogP contribution in [0.3, 0.4) is 0 Å². The van der Waals surface area contributed by atoms with Crippen LogP contribution in [0.2, 0.25) is 0 Å². The van der Waals surface area contributed by atoms with Crippen molar-refractivity contribution in [2.45, 2.75) is 12.5 Å². The molecule has 1 aliphatic rings. The molecule has 0 fully saturated rings. The molecular formula is C12H11FN2OS. The van der Waals surface area contributed by atoms with Crippen LogP contribution in [0.4, 0.5) is 4.39 Å². The molecule has 0 saturated carbocycles. The molecule has 17 heavy (non-hydrogen) atoms. The average Bonchev–Trinajstić information content (AvgIpc) is 2.98. The van der Waals surface area contributed by atoms with E-state index in [9.17, 15) is 4.39 Å². The van der Waals surface area contributed by atoms with Crippen molar-refractivity contribution in [3.8, 4) is 16.3 Å². The number of aromatic nitrogens is 1. The van der Waals surface area contributed by atoms with E-state index < -0.39 is 0 Å². The molecule has 0 radical (unpaired) electrons. The van der Waals surface area contributed by atoms with Crippen LogP contribution in [0.25, 0.3) is 10.6 Å². The first-order valence-corrected chi connectivity index (χ1v) is 6.25. The smallest absolute Gasteiger partial charge is 0.136 e. The second-order valence-electron chi connectivity index (χ2n) is 3.92. The van der Waals surface area contributed by atoms with Crippen LogP contribution in [0, 0.1) is 5.82 Å². The first-order chi connectivity index (χ1) is 8.29. The van der Waals surface area contributed by atoms with Crippen LogP contribution >= 0.6 is 11.3 Å². The maximum absolute atomic E-state index is 13.7. The minimum Gasteiger partial charge on any atom is -0.488 e. The standard InChI is InChI=1S/C12H11FN2OS/c13-10-2-1-8(12-15-3-4-17-12)11-9(10)5-7(6-14)16-11/h1-4,7H,5-6,14H2/t7-/m0/s1. The summed E-state index contributed by atoms with van der Waals surface area (Å²) in [7, 11) is 0. The van der Waals surface area contributed by atoms with E-state index in [0.29, 0.717) is 24.3 Å². The summed E-state index contributed by atoms with van der Waals surface area (Å²) in [4.78, 5) is 4.23.